The Hall–Kier alpha value is -0.560. The van der Waals surface area contributed by atoms with Crippen molar-refractivity contribution in [1.82, 2.24) is 0 Å². The first-order valence-electron chi connectivity index (χ1n) is 6.25. The molecule has 0 aromatic heterocycles. The van der Waals surface area contributed by atoms with Crippen LogP contribution in [-0.4, -0.2) is 6.61 Å². The third kappa shape index (κ3) is 2.42. The molecule has 2 aliphatic heterocycles. The zero-order valence-electron chi connectivity index (χ0n) is 10.4. The number of rotatable bonds is 1. The van der Waals surface area contributed by atoms with E-state index in [0.29, 0.717) is 0 Å². The summed E-state index contributed by atoms with van der Waals surface area (Å²) >= 11 is 0. The van der Waals surface area contributed by atoms with Gasteiger partial charge in [0.05, 0.1) is 13.2 Å². The second-order valence-electron chi connectivity index (χ2n) is 4.73. The van der Waals surface area contributed by atoms with Gasteiger partial charge in [-0.05, 0) is 30.0 Å². The molecule has 19 heavy (non-hydrogen) atoms. The molecule has 1 aromatic carbocycles. The Labute approximate surface area is 115 Å². The van der Waals surface area contributed by atoms with Gasteiger partial charge in [-0.15, -0.1) is 0 Å². The molecule has 2 heterocycles. The molecular weight excluding hydrogens is 278 g/mol. The van der Waals surface area contributed by atoms with E-state index in [9.17, 15) is 0 Å². The molecule has 4 bridgehead atoms. The molecule has 98 valence electrons. The smallest absolute Gasteiger partial charge is 0.118 e. The average Bonchev–Trinajstić information content (AvgIpc) is 2.41. The summed E-state index contributed by atoms with van der Waals surface area (Å²) in [5.41, 5.74) is 2.74. The molecule has 3 aliphatic rings. The highest BCUT2D eigenvalue weighted by Crippen LogP contribution is 2.76. The minimum Gasteiger partial charge on any atom is -0.343 e. The second kappa shape index (κ2) is 5.44. The van der Waals surface area contributed by atoms with Gasteiger partial charge in [0.1, 0.15) is 15.7 Å². The fourth-order valence-corrected chi connectivity index (χ4v) is 8.08. The van der Waals surface area contributed by atoms with Crippen LogP contribution in [-0.2, 0) is 21.1 Å². The highest BCUT2D eigenvalue weighted by molar-refractivity contribution is 8.30. The van der Waals surface area contributed by atoms with Crippen LogP contribution in [0.1, 0.15) is 18.4 Å². The van der Waals surface area contributed by atoms with Gasteiger partial charge in [0.15, 0.2) is 0 Å². The standard InChI is InChI=1S/C14H14O2P2.O/c1-3-11-7-13(5-1)17(15-9-11)18-14-6-2-4-12(8-14)10-16-18;/h1,3,5-8H,2,4,9-10H2;. The molecule has 4 rings (SSSR count). The lowest BCUT2D eigenvalue weighted by molar-refractivity contribution is 0.342. The van der Waals surface area contributed by atoms with Crippen molar-refractivity contribution < 1.29 is 14.5 Å². The van der Waals surface area contributed by atoms with Crippen molar-refractivity contribution in [3.63, 3.8) is 0 Å². The molecule has 1 aromatic rings. The summed E-state index contributed by atoms with van der Waals surface area (Å²) in [5, 5.41) is 2.74. The van der Waals surface area contributed by atoms with Crippen LogP contribution in [0.15, 0.2) is 47.3 Å². The molecule has 5 heteroatoms. The highest BCUT2D eigenvalue weighted by Gasteiger charge is 2.34. The number of hydrogen-bond donors (Lipinski definition) is 0. The number of benzene rings is 1. The third-order valence-electron chi connectivity index (χ3n) is 3.41. The summed E-state index contributed by atoms with van der Waals surface area (Å²) in [6, 6.07) is 8.73. The van der Waals surface area contributed by atoms with Crippen LogP contribution >= 0.6 is 15.7 Å². The Bertz CT molecular complexity index is 553. The van der Waals surface area contributed by atoms with Crippen molar-refractivity contribution in [1.29, 1.82) is 0 Å². The minimum absolute atomic E-state index is 0. The van der Waals surface area contributed by atoms with E-state index >= 15 is 0 Å². The van der Waals surface area contributed by atoms with Gasteiger partial charge in [0, 0.05) is 16.1 Å². The minimum atomic E-state index is -0.596. The number of fused-ring (bicyclic) bond motifs is 3. The third-order valence-corrected chi connectivity index (χ3v) is 9.03. The molecule has 1 aliphatic carbocycles. The molecule has 0 spiro atoms. The van der Waals surface area contributed by atoms with E-state index < -0.39 is 15.7 Å². The Balaban J connectivity index is 0.00000110. The molecule has 2 radical (unpaired) electrons. The lowest BCUT2D eigenvalue weighted by Gasteiger charge is -2.34. The normalized spacial score (nSPS) is 28.0. The summed E-state index contributed by atoms with van der Waals surface area (Å²) in [6.07, 6.45) is 7.04. The van der Waals surface area contributed by atoms with E-state index in [0.717, 1.165) is 13.2 Å². The zero-order chi connectivity index (χ0) is 11.9. The molecule has 0 fully saturated rings. The second-order valence-corrected chi connectivity index (χ2v) is 9.55. The molecule has 0 saturated carbocycles. The average molecular weight is 292 g/mol. The summed E-state index contributed by atoms with van der Waals surface area (Å²) in [5.74, 6) is 0. The summed E-state index contributed by atoms with van der Waals surface area (Å²) < 4.78 is 12.2. The van der Waals surface area contributed by atoms with Crippen molar-refractivity contribution >= 4 is 21.0 Å². The lowest BCUT2D eigenvalue weighted by atomic mass is 10.1. The topological polar surface area (TPSA) is 47.0 Å². The van der Waals surface area contributed by atoms with Gasteiger partial charge in [0.2, 0.25) is 0 Å². The summed E-state index contributed by atoms with van der Waals surface area (Å²) in [4.78, 5) is 0. The van der Waals surface area contributed by atoms with Crippen LogP contribution in [0.3, 0.4) is 0 Å². The first-order valence-corrected chi connectivity index (χ1v) is 9.47. The Morgan fingerprint density at radius 3 is 2.89 bits per heavy atom. The van der Waals surface area contributed by atoms with Crippen molar-refractivity contribution in [3.05, 3.63) is 52.9 Å². The maximum atomic E-state index is 6.11. The van der Waals surface area contributed by atoms with E-state index in [4.69, 9.17) is 9.05 Å². The zero-order valence-corrected chi connectivity index (χ0v) is 12.2. The van der Waals surface area contributed by atoms with E-state index in [1.165, 1.54) is 34.6 Å². The van der Waals surface area contributed by atoms with Gasteiger partial charge < -0.3 is 9.05 Å². The first kappa shape index (κ1) is 13.4. The van der Waals surface area contributed by atoms with Crippen molar-refractivity contribution in [2.75, 3.05) is 6.61 Å². The molecule has 3 nitrogen and oxygen atoms in total. The lowest BCUT2D eigenvalue weighted by Crippen LogP contribution is -2.13. The maximum Gasteiger partial charge on any atom is 0.118 e. The Kier molecular flexibility index (Phi) is 3.84. The Morgan fingerprint density at radius 1 is 1.05 bits per heavy atom. The van der Waals surface area contributed by atoms with Crippen molar-refractivity contribution in [2.45, 2.75) is 19.4 Å². The predicted octanol–water partition coefficient (Wildman–Crippen LogP) is 4.07. The number of allylic oxidation sites excluding steroid dienone is 3. The number of hydrogen-bond acceptors (Lipinski definition) is 2. The van der Waals surface area contributed by atoms with Gasteiger partial charge >= 0.3 is 0 Å². The van der Waals surface area contributed by atoms with Gasteiger partial charge in [-0.25, -0.2) is 0 Å². The molecule has 2 atom stereocenters. The van der Waals surface area contributed by atoms with Gasteiger partial charge in [-0.3, -0.25) is 0 Å². The fraction of sp³-hybridized carbons (Fsp3) is 0.286. The van der Waals surface area contributed by atoms with Crippen molar-refractivity contribution in [3.8, 4) is 0 Å². The largest absolute Gasteiger partial charge is 0.343 e. The molecule has 0 amide bonds. The van der Waals surface area contributed by atoms with Crippen LogP contribution in [0.4, 0.5) is 0 Å². The van der Waals surface area contributed by atoms with E-state index in [-0.39, 0.29) is 5.48 Å². The fourth-order valence-electron chi connectivity index (χ4n) is 2.50. The van der Waals surface area contributed by atoms with Crippen LogP contribution in [0.2, 0.25) is 0 Å². The van der Waals surface area contributed by atoms with Crippen molar-refractivity contribution in [2.24, 2.45) is 0 Å². The van der Waals surface area contributed by atoms with E-state index in [2.05, 4.69) is 36.4 Å². The predicted molar refractivity (Wildman–Crippen MR) is 76.7 cm³/mol. The maximum absolute atomic E-state index is 6.11. The molecule has 2 unspecified atom stereocenters. The quantitative estimate of drug-likeness (QED) is 0.732. The monoisotopic (exact) mass is 292 g/mol. The first-order chi connectivity index (χ1) is 8.90. The van der Waals surface area contributed by atoms with Gasteiger partial charge in [-0.1, -0.05) is 30.4 Å². The SMILES string of the molecule is C1=C2CCC=C1P(P1OCc3cccc1c3)OC2.[O]. The highest BCUT2D eigenvalue weighted by atomic mass is 32.1. The van der Waals surface area contributed by atoms with Gasteiger partial charge in [-0.2, -0.15) is 0 Å². The Morgan fingerprint density at radius 2 is 1.95 bits per heavy atom. The van der Waals surface area contributed by atoms with Crippen LogP contribution in [0.5, 0.6) is 0 Å². The van der Waals surface area contributed by atoms with Crippen LogP contribution in [0.25, 0.3) is 0 Å². The van der Waals surface area contributed by atoms with E-state index in [1.54, 1.807) is 0 Å². The van der Waals surface area contributed by atoms with Crippen LogP contribution < -0.4 is 5.30 Å². The van der Waals surface area contributed by atoms with Gasteiger partial charge in [0.25, 0.3) is 0 Å². The molecule has 0 saturated heterocycles. The van der Waals surface area contributed by atoms with E-state index in [1.807, 2.05) is 0 Å². The summed E-state index contributed by atoms with van der Waals surface area (Å²) in [7, 11) is -1.17. The molecular formula is C14H14O3P2. The summed E-state index contributed by atoms with van der Waals surface area (Å²) in [6.45, 7) is 1.55. The molecule has 0 N–H and O–H groups in total. The van der Waals surface area contributed by atoms with Crippen LogP contribution in [0, 0.1) is 0 Å².